The molecule has 0 spiro atoms. The van der Waals surface area contributed by atoms with Crippen molar-refractivity contribution in [3.8, 4) is 0 Å². The molecular weight excluding hydrogens is 418 g/mol. The molecule has 0 amide bonds. The zero-order chi connectivity index (χ0) is 23.1. The molecule has 9 nitrogen and oxygen atoms in total. The molecule has 1 fully saturated rings. The quantitative estimate of drug-likeness (QED) is 0.483. The number of para-hydroxylation sites is 1. The number of carboxylic acids is 1. The molecule has 1 aliphatic heterocycles. The first kappa shape index (κ1) is 21.1. The van der Waals surface area contributed by atoms with Crippen LogP contribution in [0.15, 0.2) is 42.7 Å². The Balaban J connectivity index is 1.63. The van der Waals surface area contributed by atoms with E-state index in [1.54, 1.807) is 24.5 Å². The number of carbonyl (C=O) groups is 1. The number of aromatic carboxylic acids is 1. The monoisotopic (exact) mass is 445 g/mol. The minimum absolute atomic E-state index is 0.175. The van der Waals surface area contributed by atoms with E-state index in [2.05, 4.69) is 44.5 Å². The van der Waals surface area contributed by atoms with E-state index in [-0.39, 0.29) is 11.6 Å². The number of fused-ring (bicyclic) bond motifs is 3. The Hall–Kier alpha value is -3.72. The van der Waals surface area contributed by atoms with Crippen LogP contribution in [0.3, 0.4) is 0 Å². The Morgan fingerprint density at radius 3 is 2.67 bits per heavy atom. The van der Waals surface area contributed by atoms with Crippen molar-refractivity contribution in [1.82, 2.24) is 24.5 Å². The zero-order valence-electron chi connectivity index (χ0n) is 19.0. The number of rotatable bonds is 5. The average molecular weight is 446 g/mol. The number of nitrogens with zero attached hydrogens (tertiary/aromatic N) is 6. The minimum atomic E-state index is -0.958. The van der Waals surface area contributed by atoms with E-state index in [1.165, 1.54) is 0 Å². The van der Waals surface area contributed by atoms with Gasteiger partial charge in [-0.1, -0.05) is 18.2 Å². The van der Waals surface area contributed by atoms with E-state index in [9.17, 15) is 9.90 Å². The van der Waals surface area contributed by atoms with Crippen LogP contribution in [-0.4, -0.2) is 68.8 Å². The second-order valence-corrected chi connectivity index (χ2v) is 8.69. The predicted octanol–water partition coefficient (Wildman–Crippen LogP) is 3.21. The van der Waals surface area contributed by atoms with Gasteiger partial charge in [0.05, 0.1) is 17.1 Å². The van der Waals surface area contributed by atoms with Crippen molar-refractivity contribution in [2.75, 3.05) is 43.4 Å². The number of piperazine rings is 1. The SMILES string of the molecule is Cc1cc(C(C)Nc2ccccc2C(=O)O)c2nc(N3CCN(C)CC3)n3cnnc3c2c1. The number of aromatic nitrogens is 4. The highest BCUT2D eigenvalue weighted by atomic mass is 16.4. The van der Waals surface area contributed by atoms with Gasteiger partial charge in [0.15, 0.2) is 5.65 Å². The van der Waals surface area contributed by atoms with Gasteiger partial charge in [-0.15, -0.1) is 10.2 Å². The van der Waals surface area contributed by atoms with Crippen LogP contribution in [0, 0.1) is 6.92 Å². The fraction of sp³-hybridized carbons (Fsp3) is 0.333. The van der Waals surface area contributed by atoms with Crippen LogP contribution in [0.4, 0.5) is 11.6 Å². The van der Waals surface area contributed by atoms with E-state index < -0.39 is 5.97 Å². The summed E-state index contributed by atoms with van der Waals surface area (Å²) >= 11 is 0. The van der Waals surface area contributed by atoms with Gasteiger partial charge in [-0.25, -0.2) is 9.78 Å². The Labute approximate surface area is 191 Å². The highest BCUT2D eigenvalue weighted by Gasteiger charge is 2.23. The van der Waals surface area contributed by atoms with Crippen LogP contribution >= 0.6 is 0 Å². The van der Waals surface area contributed by atoms with Crippen LogP contribution < -0.4 is 10.2 Å². The second kappa shape index (κ2) is 8.32. The van der Waals surface area contributed by atoms with E-state index >= 15 is 0 Å². The predicted molar refractivity (Wildman–Crippen MR) is 128 cm³/mol. The summed E-state index contributed by atoms with van der Waals surface area (Å²) in [7, 11) is 2.13. The molecule has 0 bridgehead atoms. The number of nitrogens with one attached hydrogen (secondary N) is 1. The fourth-order valence-electron chi connectivity index (χ4n) is 4.49. The third-order valence-electron chi connectivity index (χ3n) is 6.28. The fourth-order valence-corrected chi connectivity index (χ4v) is 4.49. The van der Waals surface area contributed by atoms with Crippen LogP contribution in [0.5, 0.6) is 0 Å². The third-order valence-corrected chi connectivity index (χ3v) is 6.28. The summed E-state index contributed by atoms with van der Waals surface area (Å²) < 4.78 is 1.97. The van der Waals surface area contributed by atoms with Crippen molar-refractivity contribution in [2.45, 2.75) is 19.9 Å². The maximum absolute atomic E-state index is 11.7. The van der Waals surface area contributed by atoms with Crippen molar-refractivity contribution >= 4 is 34.2 Å². The van der Waals surface area contributed by atoms with Crippen molar-refractivity contribution in [1.29, 1.82) is 0 Å². The summed E-state index contributed by atoms with van der Waals surface area (Å²) in [6.45, 7) is 7.76. The summed E-state index contributed by atoms with van der Waals surface area (Å²) in [5, 5.41) is 22.5. The summed E-state index contributed by atoms with van der Waals surface area (Å²) in [5.41, 5.74) is 4.52. The van der Waals surface area contributed by atoms with Crippen LogP contribution in [0.1, 0.15) is 34.5 Å². The van der Waals surface area contributed by atoms with Crippen molar-refractivity contribution in [3.05, 3.63) is 59.4 Å². The molecule has 2 N–H and O–H groups in total. The Bertz CT molecular complexity index is 1340. The van der Waals surface area contributed by atoms with Gasteiger partial charge in [0.2, 0.25) is 5.95 Å². The molecule has 2 aromatic heterocycles. The van der Waals surface area contributed by atoms with Gasteiger partial charge < -0.3 is 20.2 Å². The Morgan fingerprint density at radius 2 is 1.91 bits per heavy atom. The van der Waals surface area contributed by atoms with Crippen molar-refractivity contribution < 1.29 is 9.90 Å². The average Bonchev–Trinajstić information content (AvgIpc) is 3.29. The van der Waals surface area contributed by atoms with Gasteiger partial charge in [-0.2, -0.15) is 0 Å². The molecule has 4 aromatic rings. The molecule has 1 unspecified atom stereocenters. The van der Waals surface area contributed by atoms with Gasteiger partial charge in [-0.05, 0) is 44.7 Å². The lowest BCUT2D eigenvalue weighted by atomic mass is 10.0. The lowest BCUT2D eigenvalue weighted by molar-refractivity contribution is 0.0698. The number of hydrogen-bond acceptors (Lipinski definition) is 7. The smallest absolute Gasteiger partial charge is 0.337 e. The lowest BCUT2D eigenvalue weighted by Crippen LogP contribution is -2.45. The van der Waals surface area contributed by atoms with Gasteiger partial charge >= 0.3 is 5.97 Å². The molecule has 0 aliphatic carbocycles. The highest BCUT2D eigenvalue weighted by molar-refractivity contribution is 5.96. The summed E-state index contributed by atoms with van der Waals surface area (Å²) in [4.78, 5) is 21.4. The van der Waals surface area contributed by atoms with Crippen LogP contribution in [-0.2, 0) is 0 Å². The molecule has 1 aliphatic rings. The zero-order valence-corrected chi connectivity index (χ0v) is 19.0. The summed E-state index contributed by atoms with van der Waals surface area (Å²) in [5.74, 6) is -0.126. The highest BCUT2D eigenvalue weighted by Crippen LogP contribution is 2.32. The molecule has 1 atom stereocenters. The first-order chi connectivity index (χ1) is 15.9. The van der Waals surface area contributed by atoms with Crippen molar-refractivity contribution in [2.24, 2.45) is 0 Å². The number of benzene rings is 2. The normalized spacial score (nSPS) is 15.8. The Kier molecular flexibility index (Phi) is 5.33. The van der Waals surface area contributed by atoms with Crippen LogP contribution in [0.2, 0.25) is 0 Å². The molecule has 0 radical (unpaired) electrons. The lowest BCUT2D eigenvalue weighted by Gasteiger charge is -2.33. The number of aryl methyl sites for hydroxylation is 1. The van der Waals surface area contributed by atoms with Gasteiger partial charge in [-0.3, -0.25) is 4.40 Å². The largest absolute Gasteiger partial charge is 0.478 e. The maximum atomic E-state index is 11.7. The molecule has 0 saturated carbocycles. The number of carboxylic acid groups (broad SMARTS) is 1. The maximum Gasteiger partial charge on any atom is 0.337 e. The van der Waals surface area contributed by atoms with Gasteiger partial charge in [0.1, 0.15) is 6.33 Å². The van der Waals surface area contributed by atoms with E-state index in [0.29, 0.717) is 5.69 Å². The molecule has 33 heavy (non-hydrogen) atoms. The topological polar surface area (TPSA) is 98.9 Å². The molecule has 2 aromatic carbocycles. The van der Waals surface area contributed by atoms with Gasteiger partial charge in [0, 0.05) is 42.8 Å². The summed E-state index contributed by atoms with van der Waals surface area (Å²) in [6, 6.07) is 11.0. The number of anilines is 2. The first-order valence-corrected chi connectivity index (χ1v) is 11.1. The molecule has 170 valence electrons. The third kappa shape index (κ3) is 3.84. The standard InChI is InChI=1S/C24H27N7O2/c1-15-12-18(16(2)26-20-7-5-4-6-17(20)23(32)33)21-19(13-15)22-28-25-14-31(22)24(27-21)30-10-8-29(3)9-11-30/h4-7,12-14,16,26H,8-11H2,1-3H3,(H,32,33). The Morgan fingerprint density at radius 1 is 1.15 bits per heavy atom. The minimum Gasteiger partial charge on any atom is -0.478 e. The molecule has 9 heteroatoms. The van der Waals surface area contributed by atoms with Gasteiger partial charge in [0.25, 0.3) is 0 Å². The molecule has 3 heterocycles. The number of likely N-dealkylation sites (N-methyl/N-ethyl adjacent to an activating group) is 1. The van der Waals surface area contributed by atoms with E-state index in [1.807, 2.05) is 24.3 Å². The number of hydrogen-bond donors (Lipinski definition) is 2. The molecule has 1 saturated heterocycles. The van der Waals surface area contributed by atoms with Crippen LogP contribution in [0.25, 0.3) is 16.6 Å². The first-order valence-electron chi connectivity index (χ1n) is 11.1. The van der Waals surface area contributed by atoms with E-state index in [4.69, 9.17) is 4.98 Å². The second-order valence-electron chi connectivity index (χ2n) is 8.69. The summed E-state index contributed by atoms with van der Waals surface area (Å²) in [6.07, 6.45) is 1.72. The van der Waals surface area contributed by atoms with E-state index in [0.717, 1.165) is 59.8 Å². The molecular formula is C24H27N7O2. The molecule has 5 rings (SSSR count). The van der Waals surface area contributed by atoms with Crippen molar-refractivity contribution in [3.63, 3.8) is 0 Å².